The average Bonchev–Trinajstić information content (AvgIpc) is 3.39. The van der Waals surface area contributed by atoms with Gasteiger partial charge in [0.2, 0.25) is 18.6 Å². The number of benzene rings is 1. The smallest absolute Gasteiger partial charge is 0.231 e. The lowest BCUT2D eigenvalue weighted by Gasteiger charge is -2.45. The maximum atomic E-state index is 13.2. The molecule has 7 heteroatoms. The highest BCUT2D eigenvalue weighted by atomic mass is 16.7. The van der Waals surface area contributed by atoms with Crippen LogP contribution < -0.4 is 9.47 Å². The summed E-state index contributed by atoms with van der Waals surface area (Å²) in [5.74, 6) is 1.96. The molecule has 31 heavy (non-hydrogen) atoms. The second-order valence-corrected chi connectivity index (χ2v) is 9.58. The van der Waals surface area contributed by atoms with Crippen LogP contribution in [-0.4, -0.2) is 72.6 Å². The summed E-state index contributed by atoms with van der Waals surface area (Å²) in [6.07, 6.45) is 6.63. The number of hydrogen-bond acceptors (Lipinski definition) is 5. The zero-order valence-corrected chi connectivity index (χ0v) is 18.4. The molecule has 2 amide bonds. The number of likely N-dealkylation sites (tertiary alicyclic amines) is 1. The van der Waals surface area contributed by atoms with Crippen molar-refractivity contribution in [2.24, 2.45) is 11.8 Å². The van der Waals surface area contributed by atoms with Gasteiger partial charge in [0.25, 0.3) is 0 Å². The average molecular weight is 428 g/mol. The molecule has 7 nitrogen and oxygen atoms in total. The van der Waals surface area contributed by atoms with Crippen molar-refractivity contribution in [2.45, 2.75) is 51.1 Å². The maximum Gasteiger partial charge on any atom is 0.231 e. The summed E-state index contributed by atoms with van der Waals surface area (Å²) >= 11 is 0. The van der Waals surface area contributed by atoms with Crippen LogP contribution in [0.3, 0.4) is 0 Å². The van der Waals surface area contributed by atoms with Crippen molar-refractivity contribution in [3.8, 4) is 11.5 Å². The highest BCUT2D eigenvalue weighted by Crippen LogP contribution is 2.34. The molecule has 4 aliphatic heterocycles. The summed E-state index contributed by atoms with van der Waals surface area (Å²) in [6, 6.07) is 6.40. The first-order valence-electron chi connectivity index (χ1n) is 11.7. The lowest BCUT2D eigenvalue weighted by molar-refractivity contribution is -0.135. The quantitative estimate of drug-likeness (QED) is 0.723. The van der Waals surface area contributed by atoms with Gasteiger partial charge < -0.3 is 24.2 Å². The molecule has 3 saturated heterocycles. The van der Waals surface area contributed by atoms with E-state index in [-0.39, 0.29) is 24.5 Å². The van der Waals surface area contributed by atoms with Crippen molar-refractivity contribution in [1.82, 2.24) is 14.7 Å². The van der Waals surface area contributed by atoms with Gasteiger partial charge in [-0.1, -0.05) is 12.5 Å². The molecular weight excluding hydrogens is 394 g/mol. The van der Waals surface area contributed by atoms with Gasteiger partial charge in [0, 0.05) is 39.1 Å². The monoisotopic (exact) mass is 427 g/mol. The lowest BCUT2D eigenvalue weighted by Crippen LogP contribution is -2.51. The highest BCUT2D eigenvalue weighted by Gasteiger charge is 2.38. The Kier molecular flexibility index (Phi) is 5.78. The number of piperidine rings is 2. The minimum absolute atomic E-state index is 0.0561. The molecule has 1 aromatic carbocycles. The van der Waals surface area contributed by atoms with E-state index in [0.29, 0.717) is 31.5 Å². The molecule has 3 atom stereocenters. The molecule has 4 heterocycles. The fourth-order valence-corrected chi connectivity index (χ4v) is 5.89. The predicted octanol–water partition coefficient (Wildman–Crippen LogP) is 2.49. The van der Waals surface area contributed by atoms with Gasteiger partial charge in [0.1, 0.15) is 0 Å². The number of carbonyl (C=O) groups is 2. The Balaban J connectivity index is 1.17. The second kappa shape index (κ2) is 8.69. The van der Waals surface area contributed by atoms with E-state index in [9.17, 15) is 9.59 Å². The van der Waals surface area contributed by atoms with Crippen LogP contribution in [0.1, 0.15) is 44.1 Å². The van der Waals surface area contributed by atoms with Gasteiger partial charge in [-0.05, 0) is 62.4 Å². The molecule has 3 fully saturated rings. The predicted molar refractivity (Wildman–Crippen MR) is 116 cm³/mol. The van der Waals surface area contributed by atoms with Crippen LogP contribution >= 0.6 is 0 Å². The van der Waals surface area contributed by atoms with E-state index in [1.807, 2.05) is 30.1 Å². The Morgan fingerprint density at radius 2 is 1.97 bits per heavy atom. The Hall–Kier alpha value is -2.28. The van der Waals surface area contributed by atoms with Crippen molar-refractivity contribution in [2.75, 3.05) is 40.0 Å². The van der Waals surface area contributed by atoms with E-state index in [2.05, 4.69) is 4.90 Å². The third-order valence-electron chi connectivity index (χ3n) is 7.49. The van der Waals surface area contributed by atoms with E-state index >= 15 is 0 Å². The van der Waals surface area contributed by atoms with Gasteiger partial charge in [0.05, 0.1) is 5.92 Å². The number of carbonyl (C=O) groups excluding carboxylic acids is 2. The normalized spacial score (nSPS) is 28.0. The van der Waals surface area contributed by atoms with Gasteiger partial charge >= 0.3 is 0 Å². The molecule has 0 aromatic heterocycles. The molecule has 1 unspecified atom stereocenters. The summed E-state index contributed by atoms with van der Waals surface area (Å²) in [6.45, 7) is 4.48. The van der Waals surface area contributed by atoms with Crippen LogP contribution in [-0.2, 0) is 16.1 Å². The van der Waals surface area contributed by atoms with Crippen LogP contribution in [0.4, 0.5) is 0 Å². The molecule has 0 N–H and O–H groups in total. The summed E-state index contributed by atoms with van der Waals surface area (Å²) in [4.78, 5) is 32.1. The lowest BCUT2D eigenvalue weighted by atomic mass is 9.83. The standard InChI is InChI=1S/C24H33N3O4/c1-25(14-18-5-4-10-26-9-3-2-6-20(18)26)24(29)19-12-23(28)27(15-19)13-17-7-8-21-22(11-17)31-16-30-21/h7-8,11,18-20H,2-6,9-10,12-16H2,1H3/t18-,19?,20+/m0/s1. The fourth-order valence-electron chi connectivity index (χ4n) is 5.89. The summed E-state index contributed by atoms with van der Waals surface area (Å²) in [7, 11) is 1.93. The molecule has 0 bridgehead atoms. The van der Waals surface area contributed by atoms with Crippen LogP contribution in [0.5, 0.6) is 11.5 Å². The number of fused-ring (bicyclic) bond motifs is 2. The maximum absolute atomic E-state index is 13.2. The van der Waals surface area contributed by atoms with E-state index in [1.165, 1.54) is 45.2 Å². The van der Waals surface area contributed by atoms with E-state index < -0.39 is 0 Å². The van der Waals surface area contributed by atoms with E-state index in [0.717, 1.165) is 23.6 Å². The summed E-state index contributed by atoms with van der Waals surface area (Å²) in [5.41, 5.74) is 0.999. The van der Waals surface area contributed by atoms with Gasteiger partial charge in [-0.25, -0.2) is 0 Å². The molecule has 5 rings (SSSR count). The molecule has 0 aliphatic carbocycles. The first kappa shape index (κ1) is 20.6. The summed E-state index contributed by atoms with van der Waals surface area (Å²) < 4.78 is 10.8. The minimum Gasteiger partial charge on any atom is -0.454 e. The van der Waals surface area contributed by atoms with Crippen LogP contribution in [0.15, 0.2) is 18.2 Å². The topological polar surface area (TPSA) is 62.3 Å². The molecule has 4 aliphatic rings. The van der Waals surface area contributed by atoms with Gasteiger partial charge in [0.15, 0.2) is 11.5 Å². The zero-order chi connectivity index (χ0) is 21.4. The van der Waals surface area contributed by atoms with E-state index in [4.69, 9.17) is 9.47 Å². The summed E-state index contributed by atoms with van der Waals surface area (Å²) in [5, 5.41) is 0. The number of nitrogens with zero attached hydrogens (tertiary/aromatic N) is 3. The molecule has 0 radical (unpaired) electrons. The molecular formula is C24H33N3O4. The molecule has 168 valence electrons. The van der Waals surface area contributed by atoms with Gasteiger partial charge in [-0.2, -0.15) is 0 Å². The Labute approximate surface area is 184 Å². The van der Waals surface area contributed by atoms with Gasteiger partial charge in [-0.3, -0.25) is 9.59 Å². The first-order valence-corrected chi connectivity index (χ1v) is 11.7. The second-order valence-electron chi connectivity index (χ2n) is 9.58. The van der Waals surface area contributed by atoms with Gasteiger partial charge in [-0.15, -0.1) is 0 Å². The van der Waals surface area contributed by atoms with Crippen LogP contribution in [0.25, 0.3) is 0 Å². The number of hydrogen-bond donors (Lipinski definition) is 0. The molecule has 0 saturated carbocycles. The third-order valence-corrected chi connectivity index (χ3v) is 7.49. The SMILES string of the molecule is CN(C[C@@H]1CCCN2CCCC[C@H]12)C(=O)C1CC(=O)N(Cc2ccc3c(c2)OCO3)C1. The molecule has 0 spiro atoms. The highest BCUT2D eigenvalue weighted by molar-refractivity contribution is 5.89. The van der Waals surface area contributed by atoms with Crippen molar-refractivity contribution >= 4 is 11.8 Å². The number of ether oxygens (including phenoxy) is 2. The first-order chi connectivity index (χ1) is 15.1. The fraction of sp³-hybridized carbons (Fsp3) is 0.667. The Morgan fingerprint density at radius 1 is 1.13 bits per heavy atom. The van der Waals surface area contributed by atoms with E-state index in [1.54, 1.807) is 4.90 Å². The zero-order valence-electron chi connectivity index (χ0n) is 18.4. The molecule has 1 aromatic rings. The number of amides is 2. The van der Waals surface area contributed by atoms with Crippen molar-refractivity contribution in [3.63, 3.8) is 0 Å². The van der Waals surface area contributed by atoms with Crippen molar-refractivity contribution in [3.05, 3.63) is 23.8 Å². The Bertz CT molecular complexity index is 842. The third kappa shape index (κ3) is 4.25. The van der Waals surface area contributed by atoms with Crippen molar-refractivity contribution < 1.29 is 19.1 Å². The van der Waals surface area contributed by atoms with Crippen molar-refractivity contribution in [1.29, 1.82) is 0 Å². The van der Waals surface area contributed by atoms with Crippen LogP contribution in [0.2, 0.25) is 0 Å². The number of rotatable bonds is 5. The Morgan fingerprint density at radius 3 is 2.87 bits per heavy atom. The largest absolute Gasteiger partial charge is 0.454 e. The van der Waals surface area contributed by atoms with Crippen LogP contribution in [0, 0.1) is 11.8 Å². The minimum atomic E-state index is -0.238.